The Kier molecular flexibility index (Phi) is 5.82. The largest absolute Gasteiger partial charge is 0.452 e. The fourth-order valence-electron chi connectivity index (χ4n) is 2.54. The van der Waals surface area contributed by atoms with Gasteiger partial charge in [-0.1, -0.05) is 6.07 Å². The van der Waals surface area contributed by atoms with Crippen LogP contribution in [0.4, 0.5) is 5.69 Å². The van der Waals surface area contributed by atoms with Gasteiger partial charge in [0.05, 0.1) is 10.4 Å². The van der Waals surface area contributed by atoms with Gasteiger partial charge in [0.25, 0.3) is 11.8 Å². The van der Waals surface area contributed by atoms with Gasteiger partial charge >= 0.3 is 5.97 Å². The molecule has 0 bridgehead atoms. The Morgan fingerprint density at radius 1 is 1.11 bits per heavy atom. The summed E-state index contributed by atoms with van der Waals surface area (Å²) < 4.78 is 4.92. The topological polar surface area (TPSA) is 105 Å². The van der Waals surface area contributed by atoms with Crippen molar-refractivity contribution in [1.82, 2.24) is 10.9 Å². The van der Waals surface area contributed by atoms with Crippen LogP contribution in [0.5, 0.6) is 0 Å². The maximum Gasteiger partial charge on any atom is 0.338 e. The van der Waals surface area contributed by atoms with Crippen LogP contribution >= 0.6 is 11.3 Å². The number of nitrogens with zero attached hydrogens (tertiary/aromatic N) is 1. The zero-order chi connectivity index (χ0) is 19.2. The van der Waals surface area contributed by atoms with Gasteiger partial charge in [0.2, 0.25) is 5.91 Å². The molecule has 2 heterocycles. The van der Waals surface area contributed by atoms with Gasteiger partial charge in [-0.2, -0.15) is 0 Å². The molecule has 3 rings (SSSR count). The van der Waals surface area contributed by atoms with Gasteiger partial charge in [-0.05, 0) is 42.1 Å². The second kappa shape index (κ2) is 8.45. The van der Waals surface area contributed by atoms with Gasteiger partial charge in [0.15, 0.2) is 6.61 Å². The monoisotopic (exact) mass is 387 g/mol. The zero-order valence-corrected chi connectivity index (χ0v) is 15.1. The van der Waals surface area contributed by atoms with Crippen molar-refractivity contribution in [2.75, 3.05) is 18.1 Å². The quantitative estimate of drug-likeness (QED) is 0.597. The van der Waals surface area contributed by atoms with Crippen LogP contribution in [0.1, 0.15) is 32.9 Å². The van der Waals surface area contributed by atoms with Crippen molar-refractivity contribution in [3.05, 3.63) is 52.2 Å². The maximum absolute atomic E-state index is 12.0. The highest BCUT2D eigenvalue weighted by Gasteiger charge is 2.22. The Bertz CT molecular complexity index is 848. The molecule has 27 heavy (non-hydrogen) atoms. The van der Waals surface area contributed by atoms with Gasteiger partial charge in [-0.15, -0.1) is 11.3 Å². The van der Waals surface area contributed by atoms with E-state index in [1.54, 1.807) is 46.7 Å². The lowest BCUT2D eigenvalue weighted by molar-refractivity contribution is -0.125. The van der Waals surface area contributed by atoms with Crippen LogP contribution in [-0.2, 0) is 14.3 Å². The van der Waals surface area contributed by atoms with E-state index >= 15 is 0 Å². The van der Waals surface area contributed by atoms with Gasteiger partial charge in [-0.25, -0.2) is 4.79 Å². The van der Waals surface area contributed by atoms with Gasteiger partial charge in [0.1, 0.15) is 0 Å². The molecule has 0 aliphatic carbocycles. The van der Waals surface area contributed by atoms with Crippen LogP contribution in [-0.4, -0.2) is 36.8 Å². The number of benzene rings is 1. The maximum atomic E-state index is 12.0. The first-order chi connectivity index (χ1) is 13.0. The Morgan fingerprint density at radius 2 is 1.89 bits per heavy atom. The molecule has 2 N–H and O–H groups in total. The first-order valence-electron chi connectivity index (χ1n) is 8.25. The second-order valence-corrected chi connectivity index (χ2v) is 6.70. The molecule has 1 fully saturated rings. The van der Waals surface area contributed by atoms with E-state index in [1.165, 1.54) is 11.3 Å². The predicted octanol–water partition coefficient (Wildman–Crippen LogP) is 1.49. The molecular formula is C18H17N3O5S. The van der Waals surface area contributed by atoms with Crippen LogP contribution in [0.15, 0.2) is 41.8 Å². The summed E-state index contributed by atoms with van der Waals surface area (Å²) in [6.45, 7) is 0.135. The van der Waals surface area contributed by atoms with Gasteiger partial charge in [-0.3, -0.25) is 25.2 Å². The first-order valence-corrected chi connectivity index (χ1v) is 9.13. The van der Waals surface area contributed by atoms with E-state index in [0.29, 0.717) is 17.8 Å². The lowest BCUT2D eigenvalue weighted by Crippen LogP contribution is -2.43. The van der Waals surface area contributed by atoms with Crippen molar-refractivity contribution in [1.29, 1.82) is 0 Å². The smallest absolute Gasteiger partial charge is 0.338 e. The predicted molar refractivity (Wildman–Crippen MR) is 98.2 cm³/mol. The van der Waals surface area contributed by atoms with E-state index < -0.39 is 24.4 Å². The van der Waals surface area contributed by atoms with Gasteiger partial charge in [0, 0.05) is 18.7 Å². The number of carbonyl (C=O) groups excluding carboxylic acids is 4. The van der Waals surface area contributed by atoms with E-state index in [2.05, 4.69) is 10.9 Å². The van der Waals surface area contributed by atoms with Crippen LogP contribution in [0, 0.1) is 0 Å². The van der Waals surface area contributed by atoms with Crippen molar-refractivity contribution >= 4 is 40.7 Å². The molecule has 0 radical (unpaired) electrons. The third kappa shape index (κ3) is 4.70. The number of hydrazine groups is 1. The molecular weight excluding hydrogens is 370 g/mol. The Morgan fingerprint density at radius 3 is 2.52 bits per heavy atom. The number of hydrogen-bond acceptors (Lipinski definition) is 6. The lowest BCUT2D eigenvalue weighted by Gasteiger charge is -2.15. The van der Waals surface area contributed by atoms with E-state index in [9.17, 15) is 19.2 Å². The molecule has 1 aliphatic rings. The minimum atomic E-state index is -0.672. The molecule has 0 unspecified atom stereocenters. The third-order valence-corrected chi connectivity index (χ3v) is 4.75. The van der Waals surface area contributed by atoms with Gasteiger partial charge < -0.3 is 9.64 Å². The SMILES string of the molecule is O=C(COC(=O)c1ccc(N2CCCC2=O)cc1)NNC(=O)c1cccs1. The molecule has 8 nitrogen and oxygen atoms in total. The number of nitrogens with one attached hydrogen (secondary N) is 2. The molecule has 0 atom stereocenters. The average molecular weight is 387 g/mol. The molecule has 1 aromatic carbocycles. The normalized spacial score (nSPS) is 13.3. The summed E-state index contributed by atoms with van der Waals surface area (Å²) in [7, 11) is 0. The summed E-state index contributed by atoms with van der Waals surface area (Å²) in [5.41, 5.74) is 5.40. The van der Waals surface area contributed by atoms with Crippen molar-refractivity contribution in [3.8, 4) is 0 Å². The molecule has 2 aromatic rings. The Hall–Kier alpha value is -3.20. The van der Waals surface area contributed by atoms with Crippen molar-refractivity contribution in [2.24, 2.45) is 0 Å². The minimum absolute atomic E-state index is 0.0617. The average Bonchev–Trinajstić information content (AvgIpc) is 3.36. The highest BCUT2D eigenvalue weighted by Crippen LogP contribution is 2.21. The minimum Gasteiger partial charge on any atom is -0.452 e. The molecule has 1 aromatic heterocycles. The highest BCUT2D eigenvalue weighted by molar-refractivity contribution is 7.12. The van der Waals surface area contributed by atoms with E-state index in [0.717, 1.165) is 12.1 Å². The number of carbonyl (C=O) groups is 4. The fraction of sp³-hybridized carbons (Fsp3) is 0.222. The van der Waals surface area contributed by atoms with Crippen LogP contribution in [0.2, 0.25) is 0 Å². The number of hydrogen-bond donors (Lipinski definition) is 2. The van der Waals surface area contributed by atoms with Crippen LogP contribution < -0.4 is 15.8 Å². The third-order valence-electron chi connectivity index (χ3n) is 3.88. The molecule has 140 valence electrons. The summed E-state index contributed by atoms with van der Waals surface area (Å²) in [5.74, 6) is -1.72. The first kappa shape index (κ1) is 18.6. The van der Waals surface area contributed by atoms with Crippen LogP contribution in [0.3, 0.4) is 0 Å². The number of thiophene rings is 1. The fourth-order valence-corrected chi connectivity index (χ4v) is 3.16. The van der Waals surface area contributed by atoms with Crippen LogP contribution in [0.25, 0.3) is 0 Å². The summed E-state index contributed by atoms with van der Waals surface area (Å²) in [4.78, 5) is 49.2. The van der Waals surface area contributed by atoms with E-state index in [1.807, 2.05) is 0 Å². The second-order valence-electron chi connectivity index (χ2n) is 5.75. The van der Waals surface area contributed by atoms with Crippen molar-refractivity contribution in [3.63, 3.8) is 0 Å². The standard InChI is InChI=1S/C18H17N3O5S/c22-15(19-20-17(24)14-3-2-10-27-14)11-26-18(25)12-5-7-13(8-6-12)21-9-1-4-16(21)23/h2-3,5-8,10H,1,4,9,11H2,(H,19,22)(H,20,24). The molecule has 1 saturated heterocycles. The Balaban J connectivity index is 1.45. The van der Waals surface area contributed by atoms with Crippen molar-refractivity contribution < 1.29 is 23.9 Å². The summed E-state index contributed by atoms with van der Waals surface area (Å²) >= 11 is 1.24. The number of anilines is 1. The Labute approximate surface area is 159 Å². The number of rotatable bonds is 5. The molecule has 1 aliphatic heterocycles. The number of amides is 3. The van der Waals surface area contributed by atoms with Crippen molar-refractivity contribution in [2.45, 2.75) is 12.8 Å². The van der Waals surface area contributed by atoms with E-state index in [-0.39, 0.29) is 11.5 Å². The molecule has 9 heteroatoms. The zero-order valence-electron chi connectivity index (χ0n) is 14.3. The molecule has 0 saturated carbocycles. The molecule has 3 amide bonds. The van der Waals surface area contributed by atoms with E-state index in [4.69, 9.17) is 4.74 Å². The number of esters is 1. The highest BCUT2D eigenvalue weighted by atomic mass is 32.1. The summed E-state index contributed by atoms with van der Waals surface area (Å²) in [6, 6.07) is 9.75. The number of ether oxygens (including phenoxy) is 1. The summed E-state index contributed by atoms with van der Waals surface area (Å²) in [6.07, 6.45) is 1.35. The summed E-state index contributed by atoms with van der Waals surface area (Å²) in [5, 5.41) is 1.74. The lowest BCUT2D eigenvalue weighted by atomic mass is 10.2. The molecule has 0 spiro atoms.